The van der Waals surface area contributed by atoms with Gasteiger partial charge in [0.2, 0.25) is 10.0 Å². The minimum atomic E-state index is -3.79. The molecule has 0 saturated heterocycles. The first kappa shape index (κ1) is 26.0. The minimum absolute atomic E-state index is 0.0106. The summed E-state index contributed by atoms with van der Waals surface area (Å²) in [5, 5.41) is 2.66. The standard InChI is InChI=1S/C23H28N2O7S/c1-3-31-23(28)19-10-12-20(13-11-19)33(29,30)25-14-4-5-22(27)32-16-21(26)24-15-18-8-6-17(2)7-9-18/h6-13,25H,3-5,14-16H2,1-2H3,(H,24,26). The van der Waals surface area contributed by atoms with Crippen LogP contribution in [-0.4, -0.2) is 46.0 Å². The molecular formula is C23H28N2O7S. The molecule has 0 radical (unpaired) electrons. The fourth-order valence-corrected chi connectivity index (χ4v) is 3.76. The molecule has 0 unspecified atom stereocenters. The van der Waals surface area contributed by atoms with Crippen LogP contribution in [0.2, 0.25) is 0 Å². The molecular weight excluding hydrogens is 448 g/mol. The van der Waals surface area contributed by atoms with E-state index >= 15 is 0 Å². The summed E-state index contributed by atoms with van der Waals surface area (Å²) in [6.45, 7) is 3.81. The Hall–Kier alpha value is -3.24. The molecule has 33 heavy (non-hydrogen) atoms. The molecule has 178 valence electrons. The molecule has 0 heterocycles. The Bertz CT molecular complexity index is 1050. The van der Waals surface area contributed by atoms with Crippen LogP contribution in [0.4, 0.5) is 0 Å². The second-order valence-electron chi connectivity index (χ2n) is 7.17. The van der Waals surface area contributed by atoms with Crippen molar-refractivity contribution in [1.82, 2.24) is 10.0 Å². The Kier molecular flexibility index (Phi) is 10.0. The van der Waals surface area contributed by atoms with Crippen LogP contribution in [0, 0.1) is 6.92 Å². The van der Waals surface area contributed by atoms with Crippen LogP contribution in [0.15, 0.2) is 53.4 Å². The zero-order valence-corrected chi connectivity index (χ0v) is 19.4. The number of esters is 2. The largest absolute Gasteiger partial charge is 0.462 e. The highest BCUT2D eigenvalue weighted by atomic mass is 32.2. The molecule has 2 aromatic rings. The van der Waals surface area contributed by atoms with E-state index in [1.165, 1.54) is 24.3 Å². The molecule has 0 fully saturated rings. The molecule has 0 atom stereocenters. The van der Waals surface area contributed by atoms with Crippen molar-refractivity contribution in [3.8, 4) is 0 Å². The quantitative estimate of drug-likeness (QED) is 0.355. The third kappa shape index (κ3) is 9.03. The van der Waals surface area contributed by atoms with Gasteiger partial charge in [-0.15, -0.1) is 0 Å². The number of hydrogen-bond acceptors (Lipinski definition) is 7. The van der Waals surface area contributed by atoms with Gasteiger partial charge in [-0.25, -0.2) is 17.9 Å². The predicted molar refractivity (Wildman–Crippen MR) is 121 cm³/mol. The highest BCUT2D eigenvalue weighted by Crippen LogP contribution is 2.11. The van der Waals surface area contributed by atoms with E-state index in [0.29, 0.717) is 6.54 Å². The van der Waals surface area contributed by atoms with E-state index < -0.39 is 34.5 Å². The number of hydrogen-bond donors (Lipinski definition) is 2. The van der Waals surface area contributed by atoms with Crippen molar-refractivity contribution in [1.29, 1.82) is 0 Å². The van der Waals surface area contributed by atoms with E-state index in [1.54, 1.807) is 6.92 Å². The number of sulfonamides is 1. The van der Waals surface area contributed by atoms with E-state index in [9.17, 15) is 22.8 Å². The van der Waals surface area contributed by atoms with Gasteiger partial charge in [-0.2, -0.15) is 0 Å². The number of amides is 1. The lowest BCUT2D eigenvalue weighted by Crippen LogP contribution is -2.29. The van der Waals surface area contributed by atoms with Crippen molar-refractivity contribution in [2.75, 3.05) is 19.8 Å². The summed E-state index contributed by atoms with van der Waals surface area (Å²) in [6, 6.07) is 13.0. The average molecular weight is 477 g/mol. The van der Waals surface area contributed by atoms with Crippen LogP contribution in [0.25, 0.3) is 0 Å². The molecule has 0 aromatic heterocycles. The third-order valence-corrected chi connectivity index (χ3v) is 5.98. The van der Waals surface area contributed by atoms with Gasteiger partial charge in [0.05, 0.1) is 17.1 Å². The number of carbonyl (C=O) groups is 3. The highest BCUT2D eigenvalue weighted by Gasteiger charge is 2.15. The lowest BCUT2D eigenvalue weighted by Gasteiger charge is -2.08. The molecule has 2 rings (SSSR count). The van der Waals surface area contributed by atoms with Crippen LogP contribution in [0.3, 0.4) is 0 Å². The monoisotopic (exact) mass is 476 g/mol. The second-order valence-corrected chi connectivity index (χ2v) is 8.94. The van der Waals surface area contributed by atoms with Crippen molar-refractivity contribution < 1.29 is 32.3 Å². The average Bonchev–Trinajstić information content (AvgIpc) is 2.80. The topological polar surface area (TPSA) is 128 Å². The normalized spacial score (nSPS) is 11.0. The van der Waals surface area contributed by atoms with Crippen molar-refractivity contribution in [2.24, 2.45) is 0 Å². The summed E-state index contributed by atoms with van der Waals surface area (Å²) >= 11 is 0. The van der Waals surface area contributed by atoms with E-state index in [2.05, 4.69) is 10.0 Å². The number of rotatable bonds is 12. The van der Waals surface area contributed by atoms with E-state index in [0.717, 1.165) is 11.1 Å². The van der Waals surface area contributed by atoms with Gasteiger partial charge in [-0.05, 0) is 50.1 Å². The van der Waals surface area contributed by atoms with E-state index in [1.807, 2.05) is 31.2 Å². The Labute approximate surface area is 193 Å². The van der Waals surface area contributed by atoms with E-state index in [-0.39, 0.29) is 36.5 Å². The van der Waals surface area contributed by atoms with Gasteiger partial charge < -0.3 is 14.8 Å². The van der Waals surface area contributed by atoms with Crippen molar-refractivity contribution in [2.45, 2.75) is 38.1 Å². The van der Waals surface area contributed by atoms with Gasteiger partial charge in [-0.1, -0.05) is 29.8 Å². The number of carbonyl (C=O) groups excluding carboxylic acids is 3. The van der Waals surface area contributed by atoms with Crippen molar-refractivity contribution in [3.63, 3.8) is 0 Å². The lowest BCUT2D eigenvalue weighted by atomic mass is 10.1. The third-order valence-electron chi connectivity index (χ3n) is 4.50. The smallest absolute Gasteiger partial charge is 0.338 e. The first-order valence-corrected chi connectivity index (χ1v) is 11.9. The lowest BCUT2D eigenvalue weighted by molar-refractivity contribution is -0.148. The molecule has 0 aliphatic rings. The van der Waals surface area contributed by atoms with E-state index in [4.69, 9.17) is 9.47 Å². The maximum atomic E-state index is 12.3. The predicted octanol–water partition coefficient (Wildman–Crippen LogP) is 2.09. The number of benzene rings is 2. The molecule has 0 bridgehead atoms. The molecule has 9 nitrogen and oxygen atoms in total. The van der Waals surface area contributed by atoms with Crippen molar-refractivity contribution >= 4 is 27.9 Å². The van der Waals surface area contributed by atoms with Gasteiger partial charge in [0.25, 0.3) is 5.91 Å². The summed E-state index contributed by atoms with van der Waals surface area (Å²) in [5.74, 6) is -1.55. The number of aryl methyl sites for hydroxylation is 1. The van der Waals surface area contributed by atoms with Gasteiger partial charge in [0.15, 0.2) is 6.61 Å². The van der Waals surface area contributed by atoms with Gasteiger partial charge in [0, 0.05) is 19.5 Å². The van der Waals surface area contributed by atoms with Crippen LogP contribution in [0.1, 0.15) is 41.3 Å². The Balaban J connectivity index is 1.66. The summed E-state index contributed by atoms with van der Waals surface area (Å²) in [7, 11) is -3.79. The molecule has 0 aliphatic heterocycles. The fraction of sp³-hybridized carbons (Fsp3) is 0.348. The molecule has 2 N–H and O–H groups in total. The first-order valence-electron chi connectivity index (χ1n) is 10.5. The Morgan fingerprint density at radius 2 is 1.61 bits per heavy atom. The molecule has 0 aliphatic carbocycles. The number of ether oxygens (including phenoxy) is 2. The summed E-state index contributed by atoms with van der Waals surface area (Å²) in [6.07, 6.45) is 0.152. The maximum absolute atomic E-state index is 12.3. The summed E-state index contributed by atoms with van der Waals surface area (Å²) in [4.78, 5) is 35.2. The minimum Gasteiger partial charge on any atom is -0.462 e. The SMILES string of the molecule is CCOC(=O)c1ccc(S(=O)(=O)NCCCC(=O)OCC(=O)NCc2ccc(C)cc2)cc1. The fourth-order valence-electron chi connectivity index (χ4n) is 2.68. The summed E-state index contributed by atoms with van der Waals surface area (Å²) < 4.78 is 36.8. The first-order chi connectivity index (χ1) is 15.7. The Morgan fingerprint density at radius 3 is 2.24 bits per heavy atom. The molecule has 1 amide bonds. The Morgan fingerprint density at radius 1 is 0.939 bits per heavy atom. The van der Waals surface area contributed by atoms with Crippen LogP contribution in [0.5, 0.6) is 0 Å². The molecule has 0 saturated carbocycles. The molecule has 0 spiro atoms. The van der Waals surface area contributed by atoms with Crippen LogP contribution < -0.4 is 10.0 Å². The number of nitrogens with one attached hydrogen (secondary N) is 2. The van der Waals surface area contributed by atoms with Crippen molar-refractivity contribution in [3.05, 3.63) is 65.2 Å². The van der Waals surface area contributed by atoms with Crippen LogP contribution >= 0.6 is 0 Å². The van der Waals surface area contributed by atoms with Gasteiger partial charge in [0.1, 0.15) is 0 Å². The zero-order chi connectivity index (χ0) is 24.3. The van der Waals surface area contributed by atoms with Gasteiger partial charge >= 0.3 is 11.9 Å². The summed E-state index contributed by atoms with van der Waals surface area (Å²) in [5.41, 5.74) is 2.30. The van der Waals surface area contributed by atoms with Crippen LogP contribution in [-0.2, 0) is 35.6 Å². The molecule has 10 heteroatoms. The highest BCUT2D eigenvalue weighted by molar-refractivity contribution is 7.89. The molecule has 2 aromatic carbocycles. The maximum Gasteiger partial charge on any atom is 0.338 e. The zero-order valence-electron chi connectivity index (χ0n) is 18.6. The second kappa shape index (κ2) is 12.7. The van der Waals surface area contributed by atoms with Gasteiger partial charge in [-0.3, -0.25) is 9.59 Å².